The van der Waals surface area contributed by atoms with E-state index >= 15 is 0 Å². The topological polar surface area (TPSA) is 64.1 Å². The highest BCUT2D eigenvalue weighted by atomic mass is 79.9. The maximum atomic E-state index is 9.26. The Balaban J connectivity index is 2.68. The van der Waals surface area contributed by atoms with Crippen LogP contribution in [-0.4, -0.2) is 27.5 Å². The van der Waals surface area contributed by atoms with E-state index in [1.807, 2.05) is 13.1 Å². The molecule has 1 rings (SSSR count). The summed E-state index contributed by atoms with van der Waals surface area (Å²) in [6.07, 6.45) is 0.0679. The van der Waals surface area contributed by atoms with Crippen molar-refractivity contribution in [2.45, 2.75) is 12.5 Å². The van der Waals surface area contributed by atoms with Crippen LogP contribution in [0.15, 0.2) is 10.7 Å². The Kier molecular flexibility index (Phi) is 3.25. The van der Waals surface area contributed by atoms with Gasteiger partial charge in [-0.25, -0.2) is 0 Å². The molecule has 5 heteroatoms. The van der Waals surface area contributed by atoms with Crippen molar-refractivity contribution in [1.29, 1.82) is 0 Å². The summed E-state index contributed by atoms with van der Waals surface area (Å²) in [5, 5.41) is 13.3. The third-order valence-corrected chi connectivity index (χ3v) is 2.05. The first-order valence-corrected chi connectivity index (χ1v) is 4.49. The van der Waals surface area contributed by atoms with Gasteiger partial charge in [0, 0.05) is 25.7 Å². The summed E-state index contributed by atoms with van der Waals surface area (Å²) in [4.78, 5) is 0. The largest absolute Gasteiger partial charge is 0.391 e. The molecule has 1 aromatic rings. The second-order valence-corrected chi connectivity index (χ2v) is 3.49. The van der Waals surface area contributed by atoms with Gasteiger partial charge in [0.15, 0.2) is 0 Å². The Morgan fingerprint density at radius 3 is 2.92 bits per heavy atom. The molecule has 1 unspecified atom stereocenters. The number of aliphatic hydroxyl groups is 1. The molecule has 12 heavy (non-hydrogen) atoms. The van der Waals surface area contributed by atoms with E-state index in [4.69, 9.17) is 5.73 Å². The molecule has 1 atom stereocenters. The third-order valence-electron chi connectivity index (χ3n) is 1.66. The number of rotatable bonds is 3. The van der Waals surface area contributed by atoms with Crippen molar-refractivity contribution in [2.75, 3.05) is 6.54 Å². The summed E-state index contributed by atoms with van der Waals surface area (Å²) < 4.78 is 2.51. The molecule has 0 aliphatic rings. The summed E-state index contributed by atoms with van der Waals surface area (Å²) in [7, 11) is 1.84. The van der Waals surface area contributed by atoms with E-state index in [2.05, 4.69) is 21.0 Å². The molecule has 0 aliphatic heterocycles. The van der Waals surface area contributed by atoms with Crippen molar-refractivity contribution < 1.29 is 5.11 Å². The monoisotopic (exact) mass is 233 g/mol. The molecule has 0 fully saturated rings. The van der Waals surface area contributed by atoms with Crippen molar-refractivity contribution in [2.24, 2.45) is 12.8 Å². The number of aliphatic hydroxyl groups excluding tert-OH is 1. The van der Waals surface area contributed by atoms with Gasteiger partial charge in [-0.05, 0) is 22.0 Å². The van der Waals surface area contributed by atoms with Gasteiger partial charge in [0.1, 0.15) is 4.60 Å². The highest BCUT2D eigenvalue weighted by molar-refractivity contribution is 9.10. The van der Waals surface area contributed by atoms with Gasteiger partial charge in [0.25, 0.3) is 0 Å². The lowest BCUT2D eigenvalue weighted by molar-refractivity contribution is 0.181. The lowest BCUT2D eigenvalue weighted by Gasteiger charge is -2.06. The predicted octanol–water partition coefficient (Wildman–Crippen LogP) is 0.0447. The third kappa shape index (κ3) is 2.30. The molecule has 0 aromatic carbocycles. The zero-order valence-corrected chi connectivity index (χ0v) is 8.45. The molecule has 1 aromatic heterocycles. The molecule has 0 bridgehead atoms. The molecule has 0 radical (unpaired) electrons. The minimum Gasteiger partial charge on any atom is -0.391 e. The second kappa shape index (κ2) is 4.02. The quantitative estimate of drug-likeness (QED) is 0.776. The maximum Gasteiger partial charge on any atom is 0.128 e. The van der Waals surface area contributed by atoms with Crippen molar-refractivity contribution in [1.82, 2.24) is 9.78 Å². The SMILES string of the molecule is Cn1nc(Br)cc1CC(O)CN. The van der Waals surface area contributed by atoms with Gasteiger partial charge in [-0.2, -0.15) is 5.10 Å². The molecule has 1 heterocycles. The van der Waals surface area contributed by atoms with E-state index < -0.39 is 6.10 Å². The van der Waals surface area contributed by atoms with Crippen LogP contribution >= 0.6 is 15.9 Å². The van der Waals surface area contributed by atoms with Crippen LogP contribution in [0.1, 0.15) is 5.69 Å². The molecular formula is C7H12BrN3O. The number of aromatic nitrogens is 2. The van der Waals surface area contributed by atoms with Gasteiger partial charge < -0.3 is 10.8 Å². The Labute approximate surface area is 79.5 Å². The Hall–Kier alpha value is -0.390. The van der Waals surface area contributed by atoms with Crippen LogP contribution in [0, 0.1) is 0 Å². The van der Waals surface area contributed by atoms with Crippen LogP contribution in [0.25, 0.3) is 0 Å². The van der Waals surface area contributed by atoms with Crippen molar-refractivity contribution in [3.05, 3.63) is 16.4 Å². The number of halogens is 1. The van der Waals surface area contributed by atoms with Crippen LogP contribution in [-0.2, 0) is 13.5 Å². The molecule has 3 N–H and O–H groups in total. The number of aryl methyl sites for hydroxylation is 1. The number of nitrogens with two attached hydrogens (primary N) is 1. The fourth-order valence-corrected chi connectivity index (χ4v) is 1.49. The van der Waals surface area contributed by atoms with Crippen LogP contribution in [0.3, 0.4) is 0 Å². The first kappa shape index (κ1) is 9.70. The zero-order valence-electron chi connectivity index (χ0n) is 6.87. The van der Waals surface area contributed by atoms with Crippen molar-refractivity contribution in [3.63, 3.8) is 0 Å². The van der Waals surface area contributed by atoms with Crippen LogP contribution in [0.5, 0.6) is 0 Å². The fraction of sp³-hybridized carbons (Fsp3) is 0.571. The van der Waals surface area contributed by atoms with E-state index in [9.17, 15) is 5.11 Å². The van der Waals surface area contributed by atoms with Gasteiger partial charge in [0.2, 0.25) is 0 Å². The number of hydrogen-bond donors (Lipinski definition) is 2. The second-order valence-electron chi connectivity index (χ2n) is 2.68. The highest BCUT2D eigenvalue weighted by Crippen LogP contribution is 2.10. The lowest BCUT2D eigenvalue weighted by Crippen LogP contribution is -2.23. The van der Waals surface area contributed by atoms with E-state index in [1.165, 1.54) is 0 Å². The molecule has 68 valence electrons. The molecule has 0 aliphatic carbocycles. The number of nitrogens with zero attached hydrogens (tertiary/aromatic N) is 2. The molecule has 4 nitrogen and oxygen atoms in total. The standard InChI is InChI=1S/C7H12BrN3O/c1-11-5(2-6(12)4-9)3-7(8)10-11/h3,6,12H,2,4,9H2,1H3. The summed E-state index contributed by atoms with van der Waals surface area (Å²) in [6, 6.07) is 1.87. The van der Waals surface area contributed by atoms with Crippen LogP contribution in [0.4, 0.5) is 0 Å². The van der Waals surface area contributed by atoms with Gasteiger partial charge in [0.05, 0.1) is 6.10 Å². The average Bonchev–Trinajstić information content (AvgIpc) is 2.30. The molecule has 0 amide bonds. The van der Waals surface area contributed by atoms with Gasteiger partial charge in [-0.1, -0.05) is 0 Å². The average molecular weight is 234 g/mol. The molecule has 0 saturated heterocycles. The summed E-state index contributed by atoms with van der Waals surface area (Å²) in [5.74, 6) is 0. The van der Waals surface area contributed by atoms with Crippen molar-refractivity contribution in [3.8, 4) is 0 Å². The normalized spacial score (nSPS) is 13.3. The molecule has 0 spiro atoms. The van der Waals surface area contributed by atoms with E-state index in [0.29, 0.717) is 6.42 Å². The van der Waals surface area contributed by atoms with Crippen LogP contribution in [0.2, 0.25) is 0 Å². The first-order valence-electron chi connectivity index (χ1n) is 3.70. The smallest absolute Gasteiger partial charge is 0.128 e. The molecule has 0 saturated carbocycles. The van der Waals surface area contributed by atoms with Gasteiger partial charge >= 0.3 is 0 Å². The lowest BCUT2D eigenvalue weighted by atomic mass is 10.2. The highest BCUT2D eigenvalue weighted by Gasteiger charge is 2.07. The Bertz CT molecular complexity index is 261. The minimum atomic E-state index is -0.479. The zero-order chi connectivity index (χ0) is 9.14. The van der Waals surface area contributed by atoms with Gasteiger partial charge in [-0.15, -0.1) is 0 Å². The van der Waals surface area contributed by atoms with E-state index in [1.54, 1.807) is 4.68 Å². The Morgan fingerprint density at radius 1 is 1.83 bits per heavy atom. The Morgan fingerprint density at radius 2 is 2.50 bits per heavy atom. The number of hydrogen-bond acceptors (Lipinski definition) is 3. The van der Waals surface area contributed by atoms with Gasteiger partial charge in [-0.3, -0.25) is 4.68 Å². The summed E-state index contributed by atoms with van der Waals surface area (Å²) >= 11 is 3.25. The summed E-state index contributed by atoms with van der Waals surface area (Å²) in [6.45, 7) is 0.281. The fourth-order valence-electron chi connectivity index (χ4n) is 0.983. The maximum absolute atomic E-state index is 9.26. The van der Waals surface area contributed by atoms with Crippen molar-refractivity contribution >= 4 is 15.9 Å². The van der Waals surface area contributed by atoms with E-state index in [-0.39, 0.29) is 6.54 Å². The van der Waals surface area contributed by atoms with E-state index in [0.717, 1.165) is 10.3 Å². The first-order chi connectivity index (χ1) is 5.63. The molecular weight excluding hydrogens is 222 g/mol. The summed E-state index contributed by atoms with van der Waals surface area (Å²) in [5.41, 5.74) is 6.26. The minimum absolute atomic E-state index is 0.281. The predicted molar refractivity (Wildman–Crippen MR) is 49.7 cm³/mol. The van der Waals surface area contributed by atoms with Crippen LogP contribution < -0.4 is 5.73 Å².